The maximum atomic E-state index is 5.77. The number of aromatic nitrogens is 4. The fraction of sp³-hybridized carbons (Fsp3) is 0.444. The quantitative estimate of drug-likeness (QED) is 0.599. The van der Waals surface area contributed by atoms with Crippen LogP contribution in [0.2, 0.25) is 0 Å². The van der Waals surface area contributed by atoms with E-state index in [0.29, 0.717) is 5.82 Å². The Morgan fingerprint density at radius 1 is 1.36 bits per heavy atom. The molecular weight excluding hydrogens is 178 g/mol. The molecule has 0 saturated heterocycles. The van der Waals surface area contributed by atoms with Crippen LogP contribution in [-0.2, 0) is 13.1 Å². The van der Waals surface area contributed by atoms with Crippen LogP contribution in [0.5, 0.6) is 0 Å². The zero-order chi connectivity index (χ0) is 9.54. The smallest absolute Gasteiger partial charge is 0.261 e. The molecule has 2 aromatic heterocycles. The van der Waals surface area contributed by atoms with Gasteiger partial charge in [-0.25, -0.2) is 14.1 Å². The highest BCUT2D eigenvalue weighted by Gasteiger charge is 2.19. The van der Waals surface area contributed by atoms with Crippen LogP contribution < -0.4 is 10.3 Å². The monoisotopic (exact) mass is 190 g/mol. The lowest BCUT2D eigenvalue weighted by atomic mass is 10.3. The van der Waals surface area contributed by atoms with E-state index in [4.69, 9.17) is 5.73 Å². The molecule has 2 N–H and O–H groups in total. The lowest BCUT2D eigenvalue weighted by Crippen LogP contribution is -2.35. The molecule has 0 bridgehead atoms. The van der Waals surface area contributed by atoms with Gasteiger partial charge in [0, 0.05) is 0 Å². The van der Waals surface area contributed by atoms with Crippen LogP contribution in [0.3, 0.4) is 0 Å². The molecule has 3 rings (SSSR count). The van der Waals surface area contributed by atoms with Crippen LogP contribution in [-0.4, -0.2) is 14.5 Å². The van der Waals surface area contributed by atoms with E-state index in [1.165, 1.54) is 12.8 Å². The second-order valence-corrected chi connectivity index (χ2v) is 3.64. The van der Waals surface area contributed by atoms with Gasteiger partial charge in [0.2, 0.25) is 12.1 Å². The second-order valence-electron chi connectivity index (χ2n) is 3.64. The summed E-state index contributed by atoms with van der Waals surface area (Å²) in [6, 6.07) is 0. The number of rotatable bonds is 0. The van der Waals surface area contributed by atoms with Crippen LogP contribution in [0, 0.1) is 0 Å². The summed E-state index contributed by atoms with van der Waals surface area (Å²) < 4.78 is 4.28. The van der Waals surface area contributed by atoms with Gasteiger partial charge in [-0.05, 0) is 12.8 Å². The second kappa shape index (κ2) is 2.67. The number of hydrogen-bond acceptors (Lipinski definition) is 3. The first-order valence-electron chi connectivity index (χ1n) is 4.85. The van der Waals surface area contributed by atoms with Gasteiger partial charge in [0.1, 0.15) is 0 Å². The third-order valence-electron chi connectivity index (χ3n) is 2.71. The molecule has 0 spiro atoms. The van der Waals surface area contributed by atoms with Gasteiger partial charge in [-0.2, -0.15) is 0 Å². The van der Waals surface area contributed by atoms with Gasteiger partial charge in [0.05, 0.1) is 13.1 Å². The van der Waals surface area contributed by atoms with Crippen LogP contribution >= 0.6 is 0 Å². The van der Waals surface area contributed by atoms with Crippen molar-refractivity contribution in [3.8, 4) is 0 Å². The summed E-state index contributed by atoms with van der Waals surface area (Å²) in [5.41, 5.74) is 7.70. The Kier molecular flexibility index (Phi) is 1.47. The third-order valence-corrected chi connectivity index (χ3v) is 2.71. The van der Waals surface area contributed by atoms with Crippen molar-refractivity contribution in [1.29, 1.82) is 0 Å². The number of anilines is 1. The molecule has 14 heavy (non-hydrogen) atoms. The normalized spacial score (nSPS) is 15.7. The highest BCUT2D eigenvalue weighted by Crippen LogP contribution is 2.15. The first-order valence-corrected chi connectivity index (χ1v) is 4.85. The lowest BCUT2D eigenvalue weighted by Gasteiger charge is -1.98. The average molecular weight is 190 g/mol. The van der Waals surface area contributed by atoms with Gasteiger partial charge >= 0.3 is 0 Å². The minimum Gasteiger partial charge on any atom is -0.368 e. The minimum absolute atomic E-state index is 0.525. The van der Waals surface area contributed by atoms with E-state index in [1.807, 2.05) is 6.33 Å². The molecule has 0 radical (unpaired) electrons. The summed E-state index contributed by atoms with van der Waals surface area (Å²) in [6.45, 7) is 2.04. The average Bonchev–Trinajstić information content (AvgIpc) is 2.51. The van der Waals surface area contributed by atoms with E-state index < -0.39 is 0 Å². The summed E-state index contributed by atoms with van der Waals surface area (Å²) in [5, 5.41) is 0. The van der Waals surface area contributed by atoms with E-state index in [1.54, 1.807) is 6.33 Å². The number of aryl methyl sites for hydroxylation is 2. The van der Waals surface area contributed by atoms with Crippen molar-refractivity contribution in [3.05, 3.63) is 12.7 Å². The standard InChI is InChI=1S/C9H11N5/c10-8-7-9-13(5-11-7)3-1-2-4-14(9)6-12-8/h5-6,10H,1-4H2/p+1. The summed E-state index contributed by atoms with van der Waals surface area (Å²) >= 11 is 0. The maximum Gasteiger partial charge on any atom is 0.261 e. The SMILES string of the molecule is Nc1nc[n+]2c3c1ncn3CCCC2. The zero-order valence-corrected chi connectivity index (χ0v) is 7.85. The number of nitrogens with two attached hydrogens (primary N) is 1. The Bertz CT molecular complexity index is 487. The molecule has 0 saturated carbocycles. The summed E-state index contributed by atoms with van der Waals surface area (Å²) in [4.78, 5) is 8.42. The molecule has 2 aromatic rings. The van der Waals surface area contributed by atoms with E-state index in [2.05, 4.69) is 19.1 Å². The van der Waals surface area contributed by atoms with Crippen molar-refractivity contribution in [1.82, 2.24) is 14.5 Å². The Morgan fingerprint density at radius 3 is 3.21 bits per heavy atom. The molecular formula is C9H12N5+. The molecule has 1 aliphatic rings. The molecule has 5 nitrogen and oxygen atoms in total. The van der Waals surface area contributed by atoms with Crippen molar-refractivity contribution in [2.75, 3.05) is 5.73 Å². The van der Waals surface area contributed by atoms with Crippen LogP contribution in [0.15, 0.2) is 12.7 Å². The Labute approximate surface area is 81.2 Å². The third kappa shape index (κ3) is 0.921. The minimum atomic E-state index is 0.525. The van der Waals surface area contributed by atoms with Gasteiger partial charge < -0.3 is 5.73 Å². The van der Waals surface area contributed by atoms with Crippen molar-refractivity contribution >= 4 is 17.0 Å². The van der Waals surface area contributed by atoms with Gasteiger partial charge in [0.25, 0.3) is 5.65 Å². The molecule has 0 atom stereocenters. The Hall–Kier alpha value is -1.65. The van der Waals surface area contributed by atoms with Crippen LogP contribution in [0.1, 0.15) is 12.8 Å². The highest BCUT2D eigenvalue weighted by atomic mass is 15.2. The Morgan fingerprint density at radius 2 is 2.29 bits per heavy atom. The van der Waals surface area contributed by atoms with E-state index in [9.17, 15) is 0 Å². The van der Waals surface area contributed by atoms with Crippen LogP contribution in [0.4, 0.5) is 5.82 Å². The van der Waals surface area contributed by atoms with Crippen molar-refractivity contribution < 1.29 is 4.57 Å². The molecule has 0 unspecified atom stereocenters. The largest absolute Gasteiger partial charge is 0.368 e. The maximum absolute atomic E-state index is 5.77. The number of imidazole rings is 1. The van der Waals surface area contributed by atoms with Crippen molar-refractivity contribution in [3.63, 3.8) is 0 Å². The molecule has 5 heteroatoms. The Balaban J connectivity index is 2.41. The van der Waals surface area contributed by atoms with E-state index in [-0.39, 0.29) is 0 Å². The number of nitrogens with zero attached hydrogens (tertiary/aromatic N) is 4. The lowest BCUT2D eigenvalue weighted by molar-refractivity contribution is -0.676. The molecule has 1 aliphatic heterocycles. The summed E-state index contributed by atoms with van der Waals surface area (Å²) in [5.74, 6) is 0.525. The van der Waals surface area contributed by atoms with E-state index in [0.717, 1.165) is 24.3 Å². The molecule has 0 aromatic carbocycles. The van der Waals surface area contributed by atoms with E-state index >= 15 is 0 Å². The topological polar surface area (TPSA) is 60.6 Å². The van der Waals surface area contributed by atoms with Gasteiger partial charge in [-0.1, -0.05) is 4.98 Å². The number of nitrogen functional groups attached to an aromatic ring is 1. The zero-order valence-electron chi connectivity index (χ0n) is 7.85. The summed E-state index contributed by atoms with van der Waals surface area (Å²) in [6.07, 6.45) is 6.03. The van der Waals surface area contributed by atoms with Gasteiger partial charge in [-0.3, -0.25) is 0 Å². The van der Waals surface area contributed by atoms with Crippen LogP contribution in [0.25, 0.3) is 11.2 Å². The van der Waals surface area contributed by atoms with Gasteiger partial charge in [0.15, 0.2) is 11.8 Å². The summed E-state index contributed by atoms with van der Waals surface area (Å²) in [7, 11) is 0. The highest BCUT2D eigenvalue weighted by molar-refractivity contribution is 5.78. The fourth-order valence-corrected chi connectivity index (χ4v) is 2.00. The molecule has 3 heterocycles. The first kappa shape index (κ1) is 7.73. The first-order chi connectivity index (χ1) is 6.86. The van der Waals surface area contributed by atoms with Crippen molar-refractivity contribution in [2.45, 2.75) is 25.9 Å². The molecule has 0 aliphatic carbocycles. The van der Waals surface area contributed by atoms with Gasteiger partial charge in [-0.15, -0.1) is 0 Å². The van der Waals surface area contributed by atoms with Crippen molar-refractivity contribution in [2.24, 2.45) is 0 Å². The molecule has 0 amide bonds. The number of hydrogen-bond donors (Lipinski definition) is 1. The fourth-order valence-electron chi connectivity index (χ4n) is 2.00. The molecule has 0 fully saturated rings. The predicted molar refractivity (Wildman–Crippen MR) is 51.4 cm³/mol. The predicted octanol–water partition coefficient (Wildman–Crippen LogP) is 0.0948. The molecule has 72 valence electrons.